The van der Waals surface area contributed by atoms with E-state index in [1.165, 1.54) is 12.1 Å². The first-order valence-corrected chi connectivity index (χ1v) is 7.69. The Balaban J connectivity index is 2.48. The van der Waals surface area contributed by atoms with Gasteiger partial charge in [0.05, 0.1) is 12.6 Å². The highest BCUT2D eigenvalue weighted by atomic mass is 19.1. The number of hydrogen-bond acceptors (Lipinski definition) is 3. The molecule has 0 aliphatic heterocycles. The van der Waals surface area contributed by atoms with Crippen molar-refractivity contribution >= 4 is 11.8 Å². The summed E-state index contributed by atoms with van der Waals surface area (Å²) in [6.07, 6.45) is 0. The van der Waals surface area contributed by atoms with E-state index in [2.05, 4.69) is 10.6 Å². The van der Waals surface area contributed by atoms with Crippen LogP contribution in [0.25, 0.3) is 0 Å². The molecule has 1 aromatic rings. The van der Waals surface area contributed by atoms with Crippen LogP contribution in [0.5, 0.6) is 0 Å². The first-order valence-electron chi connectivity index (χ1n) is 7.69. The van der Waals surface area contributed by atoms with Crippen LogP contribution in [0.4, 0.5) is 4.39 Å². The SMILES string of the molecule is CC(C)[C@H](N)C(=O)NCC(=O)NCC(C)(C)c1cccc(F)c1. The van der Waals surface area contributed by atoms with Gasteiger partial charge in [-0.2, -0.15) is 0 Å². The molecule has 0 saturated carbocycles. The molecule has 0 fully saturated rings. The van der Waals surface area contributed by atoms with Gasteiger partial charge in [-0.3, -0.25) is 9.59 Å². The number of rotatable bonds is 7. The summed E-state index contributed by atoms with van der Waals surface area (Å²) in [6, 6.07) is 5.66. The third kappa shape index (κ3) is 5.98. The number of benzene rings is 1. The van der Waals surface area contributed by atoms with E-state index in [1.54, 1.807) is 6.07 Å². The molecule has 0 heterocycles. The van der Waals surface area contributed by atoms with Crippen molar-refractivity contribution < 1.29 is 14.0 Å². The lowest BCUT2D eigenvalue weighted by Crippen LogP contribution is -2.48. The summed E-state index contributed by atoms with van der Waals surface area (Å²) in [5.74, 6) is -0.958. The molecule has 0 aliphatic rings. The van der Waals surface area contributed by atoms with Crippen LogP contribution in [-0.4, -0.2) is 30.9 Å². The van der Waals surface area contributed by atoms with Crippen molar-refractivity contribution in [2.24, 2.45) is 11.7 Å². The van der Waals surface area contributed by atoms with Crippen LogP contribution in [-0.2, 0) is 15.0 Å². The topological polar surface area (TPSA) is 84.2 Å². The fraction of sp³-hybridized carbons (Fsp3) is 0.529. The maximum Gasteiger partial charge on any atom is 0.239 e. The van der Waals surface area contributed by atoms with Crippen molar-refractivity contribution in [3.63, 3.8) is 0 Å². The van der Waals surface area contributed by atoms with Gasteiger partial charge >= 0.3 is 0 Å². The van der Waals surface area contributed by atoms with E-state index in [-0.39, 0.29) is 30.1 Å². The largest absolute Gasteiger partial charge is 0.354 e. The third-order valence-corrected chi connectivity index (χ3v) is 3.78. The Hall–Kier alpha value is -1.95. The van der Waals surface area contributed by atoms with Crippen LogP contribution in [0.15, 0.2) is 24.3 Å². The van der Waals surface area contributed by atoms with Crippen LogP contribution in [0, 0.1) is 11.7 Å². The monoisotopic (exact) mass is 323 g/mol. The Bertz CT molecular complexity index is 559. The Kier molecular flexibility index (Phi) is 6.69. The predicted molar refractivity (Wildman–Crippen MR) is 88.3 cm³/mol. The van der Waals surface area contributed by atoms with E-state index >= 15 is 0 Å². The molecule has 23 heavy (non-hydrogen) atoms. The van der Waals surface area contributed by atoms with E-state index in [4.69, 9.17) is 5.73 Å². The van der Waals surface area contributed by atoms with Gasteiger partial charge in [0, 0.05) is 12.0 Å². The molecule has 0 radical (unpaired) electrons. The highest BCUT2D eigenvalue weighted by Gasteiger charge is 2.22. The number of halogens is 1. The van der Waals surface area contributed by atoms with Gasteiger partial charge in [0.15, 0.2) is 0 Å². The van der Waals surface area contributed by atoms with Gasteiger partial charge in [-0.25, -0.2) is 4.39 Å². The summed E-state index contributed by atoms with van der Waals surface area (Å²) >= 11 is 0. The smallest absolute Gasteiger partial charge is 0.239 e. The Morgan fingerprint density at radius 3 is 2.48 bits per heavy atom. The average molecular weight is 323 g/mol. The molecule has 0 aromatic heterocycles. The molecular formula is C17H26FN3O2. The zero-order chi connectivity index (χ0) is 17.6. The van der Waals surface area contributed by atoms with Crippen molar-refractivity contribution in [1.29, 1.82) is 0 Å². The van der Waals surface area contributed by atoms with Gasteiger partial charge in [0.1, 0.15) is 5.82 Å². The lowest BCUT2D eigenvalue weighted by Gasteiger charge is -2.26. The number of carbonyl (C=O) groups is 2. The number of hydrogen-bond donors (Lipinski definition) is 3. The van der Waals surface area contributed by atoms with Crippen LogP contribution < -0.4 is 16.4 Å². The first-order chi connectivity index (χ1) is 10.6. The second-order valence-corrected chi connectivity index (χ2v) is 6.66. The van der Waals surface area contributed by atoms with Gasteiger partial charge in [0.25, 0.3) is 0 Å². The molecule has 5 nitrogen and oxygen atoms in total. The molecule has 128 valence electrons. The summed E-state index contributed by atoms with van der Waals surface area (Å²) < 4.78 is 13.3. The average Bonchev–Trinajstić information content (AvgIpc) is 2.49. The molecule has 4 N–H and O–H groups in total. The highest BCUT2D eigenvalue weighted by molar-refractivity contribution is 5.87. The molecule has 0 saturated heterocycles. The molecule has 0 unspecified atom stereocenters. The second-order valence-electron chi connectivity index (χ2n) is 6.66. The van der Waals surface area contributed by atoms with Gasteiger partial charge in [0.2, 0.25) is 11.8 Å². The molecule has 0 spiro atoms. The summed E-state index contributed by atoms with van der Waals surface area (Å²) in [7, 11) is 0. The van der Waals surface area contributed by atoms with Crippen LogP contribution in [0.3, 0.4) is 0 Å². The quantitative estimate of drug-likeness (QED) is 0.707. The molecular weight excluding hydrogens is 297 g/mol. The minimum atomic E-state index is -0.633. The van der Waals surface area contributed by atoms with E-state index in [1.807, 2.05) is 33.8 Å². The predicted octanol–water partition coefficient (Wildman–Crippen LogP) is 1.32. The zero-order valence-corrected chi connectivity index (χ0v) is 14.2. The minimum Gasteiger partial charge on any atom is -0.354 e. The first kappa shape index (κ1) is 19.1. The van der Waals surface area contributed by atoms with Crippen molar-refractivity contribution in [2.45, 2.75) is 39.2 Å². The molecule has 6 heteroatoms. The molecule has 2 amide bonds. The van der Waals surface area contributed by atoms with Crippen LogP contribution in [0.1, 0.15) is 33.3 Å². The fourth-order valence-electron chi connectivity index (χ4n) is 1.98. The standard InChI is InChI=1S/C17H26FN3O2/c1-11(2)15(19)16(23)20-9-14(22)21-10-17(3,4)12-6-5-7-13(18)8-12/h5-8,11,15H,9-10,19H2,1-4H3,(H,20,23)(H,21,22)/t15-/m0/s1. The van der Waals surface area contributed by atoms with Gasteiger partial charge in [-0.1, -0.05) is 39.8 Å². The van der Waals surface area contributed by atoms with Gasteiger partial charge in [-0.15, -0.1) is 0 Å². The minimum absolute atomic E-state index is 0.00460. The number of carbonyl (C=O) groups excluding carboxylic acids is 2. The van der Waals surface area contributed by atoms with Crippen LogP contribution in [0.2, 0.25) is 0 Å². The lowest BCUT2D eigenvalue weighted by atomic mass is 9.84. The summed E-state index contributed by atoms with van der Waals surface area (Å²) in [4.78, 5) is 23.5. The second kappa shape index (κ2) is 8.06. The van der Waals surface area contributed by atoms with Crippen molar-refractivity contribution in [1.82, 2.24) is 10.6 Å². The highest BCUT2D eigenvalue weighted by Crippen LogP contribution is 2.22. The maximum atomic E-state index is 13.3. The lowest BCUT2D eigenvalue weighted by molar-refractivity contribution is -0.127. The number of nitrogens with two attached hydrogens (primary N) is 1. The molecule has 0 aliphatic carbocycles. The van der Waals surface area contributed by atoms with Crippen molar-refractivity contribution in [3.8, 4) is 0 Å². The number of amides is 2. The Labute approximate surface area is 136 Å². The van der Waals surface area contributed by atoms with Crippen molar-refractivity contribution in [2.75, 3.05) is 13.1 Å². The van der Waals surface area contributed by atoms with Gasteiger partial charge < -0.3 is 16.4 Å². The molecule has 0 bridgehead atoms. The van der Waals surface area contributed by atoms with Crippen molar-refractivity contribution in [3.05, 3.63) is 35.6 Å². The van der Waals surface area contributed by atoms with E-state index in [0.29, 0.717) is 6.54 Å². The maximum absolute atomic E-state index is 13.3. The normalized spacial score (nSPS) is 12.8. The fourth-order valence-corrected chi connectivity index (χ4v) is 1.98. The zero-order valence-electron chi connectivity index (χ0n) is 14.2. The third-order valence-electron chi connectivity index (χ3n) is 3.78. The van der Waals surface area contributed by atoms with E-state index in [9.17, 15) is 14.0 Å². The van der Waals surface area contributed by atoms with E-state index in [0.717, 1.165) is 5.56 Å². The Morgan fingerprint density at radius 2 is 1.91 bits per heavy atom. The van der Waals surface area contributed by atoms with E-state index < -0.39 is 11.5 Å². The molecule has 1 aromatic carbocycles. The van der Waals surface area contributed by atoms with Crippen LogP contribution >= 0.6 is 0 Å². The van der Waals surface area contributed by atoms with Gasteiger partial charge in [-0.05, 0) is 23.6 Å². The Morgan fingerprint density at radius 1 is 1.26 bits per heavy atom. The molecule has 1 atom stereocenters. The molecule has 1 rings (SSSR count). The summed E-state index contributed by atoms with van der Waals surface area (Å²) in [5.41, 5.74) is 6.07. The summed E-state index contributed by atoms with van der Waals surface area (Å²) in [5, 5.41) is 5.26. The summed E-state index contributed by atoms with van der Waals surface area (Å²) in [6.45, 7) is 7.71. The number of nitrogens with one attached hydrogen (secondary N) is 2.